The average Bonchev–Trinajstić information content (AvgIpc) is 1.23. The van der Waals surface area contributed by atoms with Crippen molar-refractivity contribution < 1.29 is 92.0 Å². The van der Waals surface area contributed by atoms with Gasteiger partial charge in [0.1, 0.15) is 78.0 Å². The molecule has 1 aliphatic heterocycles. The van der Waals surface area contributed by atoms with Gasteiger partial charge in [0.05, 0.1) is 31.8 Å². The maximum Gasteiger partial charge on any atom is 0.305 e. The van der Waals surface area contributed by atoms with Crippen LogP contribution in [-0.2, 0) is 115 Å². The Labute approximate surface area is 745 Å². The number of aliphatic carboxylic acids is 1. The second-order valence-corrected chi connectivity index (χ2v) is 33.6. The van der Waals surface area contributed by atoms with Gasteiger partial charge < -0.3 is 98.8 Å². The third kappa shape index (κ3) is 30.6. The number of carboxylic acid groups (broad SMARTS) is 1. The van der Waals surface area contributed by atoms with Gasteiger partial charge in [-0.3, -0.25) is 81.7 Å². The lowest BCUT2D eigenvalue weighted by molar-refractivity contribution is -0.147. The summed E-state index contributed by atoms with van der Waals surface area (Å²) in [5.74, 6) is -17.7. The number of carboxylic acids is 1. The molecule has 5 aromatic carbocycles. The molecule has 0 spiro atoms. The number of unbranched alkanes of at least 4 members (excludes halogenated alkanes) is 1. The first-order valence-electron chi connectivity index (χ1n) is 42.1. The molecule has 8 rings (SSSR count). The van der Waals surface area contributed by atoms with Crippen molar-refractivity contribution in [3.63, 3.8) is 0 Å². The Morgan fingerprint density at radius 2 is 0.961 bits per heavy atom. The van der Waals surface area contributed by atoms with Crippen LogP contribution in [0.5, 0.6) is 11.5 Å². The van der Waals surface area contributed by atoms with Crippen LogP contribution in [0.1, 0.15) is 100 Å². The number of phenolic OH excluding ortho intramolecular Hbond substituents is 2. The largest absolute Gasteiger partial charge is 0.508 e. The van der Waals surface area contributed by atoms with Crippen molar-refractivity contribution >= 4 is 117 Å². The zero-order chi connectivity index (χ0) is 93.4. The number of para-hydroxylation sites is 1. The van der Waals surface area contributed by atoms with E-state index >= 15 is 33.6 Å². The summed E-state index contributed by atoms with van der Waals surface area (Å²) >= 11 is 0.814. The van der Waals surface area contributed by atoms with Crippen LogP contribution < -0.4 is 58.9 Å². The zero-order valence-electron chi connectivity index (χ0n) is 73.0. The summed E-state index contributed by atoms with van der Waals surface area (Å²) < 4.78 is 0. The number of nitrogens with two attached hydrogens (primary N) is 1. The summed E-state index contributed by atoms with van der Waals surface area (Å²) in [6.45, 7) is 6.13. The van der Waals surface area contributed by atoms with Gasteiger partial charge in [0, 0.05) is 102 Å². The van der Waals surface area contributed by atoms with Gasteiger partial charge in [-0.1, -0.05) is 157 Å². The molecule has 11 atom stereocenters. The van der Waals surface area contributed by atoms with E-state index in [1.54, 1.807) is 131 Å². The average molecular weight is 1780 g/mol. The van der Waals surface area contributed by atoms with E-state index in [2.05, 4.69) is 63.1 Å². The molecule has 684 valence electrons. The molecule has 0 unspecified atom stereocenters. The van der Waals surface area contributed by atoms with Gasteiger partial charge in [-0.05, 0) is 94.5 Å². The highest BCUT2D eigenvalue weighted by Crippen LogP contribution is 2.24. The molecule has 37 heteroatoms. The molecule has 128 heavy (non-hydrogen) atoms. The molecule has 0 bridgehead atoms. The molecule has 2 aromatic heterocycles. The number of aromatic nitrogens is 2. The number of H-pyrrole nitrogens is 1. The fraction of sp³-hybridized carbons (Fsp3) is 0.418. The fourth-order valence-electron chi connectivity index (χ4n) is 14.6. The molecule has 16 N–H and O–H groups in total. The number of fused-ring (bicyclic) bond motifs is 1. The number of hydrogen-bond donors (Lipinski definition) is 15. The second kappa shape index (κ2) is 48.7. The van der Waals surface area contributed by atoms with Gasteiger partial charge in [-0.25, -0.2) is 0 Å². The summed E-state index contributed by atoms with van der Waals surface area (Å²) in [5, 5.41) is 58.2. The Morgan fingerprint density at radius 3 is 1.52 bits per heavy atom. The van der Waals surface area contributed by atoms with E-state index in [1.165, 1.54) is 89.1 Å². The minimum Gasteiger partial charge on any atom is -0.508 e. The topological polar surface area (TPSA) is 522 Å². The lowest BCUT2D eigenvalue weighted by Gasteiger charge is -2.34. The third-order valence-corrected chi connectivity index (χ3v) is 22.5. The van der Waals surface area contributed by atoms with E-state index in [9.17, 15) is 58.5 Å². The zero-order valence-corrected chi connectivity index (χ0v) is 73.8. The van der Waals surface area contributed by atoms with Crippen LogP contribution in [0.15, 0.2) is 164 Å². The van der Waals surface area contributed by atoms with Gasteiger partial charge in [0.25, 0.3) is 0 Å². The van der Waals surface area contributed by atoms with Crippen molar-refractivity contribution in [1.82, 2.24) is 82.7 Å². The smallest absolute Gasteiger partial charge is 0.305 e. The van der Waals surface area contributed by atoms with Crippen molar-refractivity contribution in [2.24, 2.45) is 17.6 Å². The van der Waals surface area contributed by atoms with Gasteiger partial charge >= 0.3 is 5.97 Å². The van der Waals surface area contributed by atoms with E-state index in [0.29, 0.717) is 57.1 Å². The minimum atomic E-state index is -1.91. The van der Waals surface area contributed by atoms with Gasteiger partial charge in [-0.15, -0.1) is 11.8 Å². The van der Waals surface area contributed by atoms with E-state index in [0.717, 1.165) is 31.4 Å². The van der Waals surface area contributed by atoms with Crippen LogP contribution in [0.2, 0.25) is 0 Å². The number of rotatable bonds is 23. The molecule has 0 radical (unpaired) electrons. The molecule has 3 heterocycles. The van der Waals surface area contributed by atoms with Crippen molar-refractivity contribution in [3.05, 3.63) is 198 Å². The van der Waals surface area contributed by atoms with E-state index < -0.39 is 205 Å². The predicted octanol–water partition coefficient (Wildman–Crippen LogP) is 1.38. The number of aromatic hydroxyl groups is 2. The van der Waals surface area contributed by atoms with Crippen molar-refractivity contribution in [3.8, 4) is 11.5 Å². The van der Waals surface area contributed by atoms with Crippen LogP contribution in [0.3, 0.4) is 0 Å². The molecular weight excluding hydrogens is 1670 g/mol. The number of carbonyl (C=O) groups excluding carboxylic acids is 15. The maximum atomic E-state index is 15.4. The van der Waals surface area contributed by atoms with Crippen molar-refractivity contribution in [1.29, 1.82) is 0 Å². The lowest BCUT2D eigenvalue weighted by Crippen LogP contribution is -2.61. The number of carbonyl (C=O) groups is 16. The maximum absolute atomic E-state index is 15.4. The molecular formula is C91H115N17O19S. The van der Waals surface area contributed by atoms with E-state index in [-0.39, 0.29) is 68.8 Å². The molecule has 0 saturated carbocycles. The first-order valence-corrected chi connectivity index (χ1v) is 43.3. The Hall–Kier alpha value is -13.7. The minimum absolute atomic E-state index is 0.0139. The molecule has 0 aliphatic carbocycles. The fourth-order valence-corrected chi connectivity index (χ4v) is 15.4. The molecule has 1 aliphatic rings. The number of likely N-dealkylation sites (N-methyl/N-ethyl adjacent to an activating group) is 4. The molecule has 36 nitrogen and oxygen atoms in total. The number of primary amides is 1. The molecule has 15 amide bonds. The van der Waals surface area contributed by atoms with Gasteiger partial charge in [-0.2, -0.15) is 0 Å². The van der Waals surface area contributed by atoms with Crippen molar-refractivity contribution in [2.75, 3.05) is 59.3 Å². The Bertz CT molecular complexity index is 5030. The quantitative estimate of drug-likeness (QED) is 0.0430. The highest BCUT2D eigenvalue weighted by molar-refractivity contribution is 8.00. The van der Waals surface area contributed by atoms with E-state index in [4.69, 9.17) is 5.73 Å². The summed E-state index contributed by atoms with van der Waals surface area (Å²) in [7, 11) is 5.11. The number of hydrogen-bond acceptors (Lipinski definition) is 20. The normalized spacial score (nSPS) is 21.9. The molecule has 7 aromatic rings. The van der Waals surface area contributed by atoms with Gasteiger partial charge in [0.2, 0.25) is 88.6 Å². The molecule has 1 fully saturated rings. The number of amides is 15. The number of aromatic amines is 1. The number of nitrogens with zero attached hydrogens (tertiary/aromatic N) is 5. The number of benzene rings is 5. The number of thioether (sulfide) groups is 1. The monoisotopic (exact) mass is 1780 g/mol. The highest BCUT2D eigenvalue weighted by atomic mass is 32.2. The third-order valence-electron chi connectivity index (χ3n) is 21.5. The highest BCUT2D eigenvalue weighted by Gasteiger charge is 2.41. The van der Waals surface area contributed by atoms with Crippen LogP contribution in [0.4, 0.5) is 0 Å². The van der Waals surface area contributed by atoms with Crippen LogP contribution in [0, 0.1) is 11.8 Å². The van der Waals surface area contributed by atoms with Gasteiger partial charge in [0.15, 0.2) is 0 Å². The predicted molar refractivity (Wildman–Crippen MR) is 475 cm³/mol. The summed E-state index contributed by atoms with van der Waals surface area (Å²) in [5.41, 5.74) is 8.94. The summed E-state index contributed by atoms with van der Waals surface area (Å²) in [6.07, 6.45) is 2.87. The number of phenols is 2. The number of nitrogens with one attached hydrogen (secondary N) is 11. The Balaban J connectivity index is 1.20. The SMILES string of the molecule is CCCC[C@H]1C(=O)N(C)CC(=O)N[C@@H](CC(=O)O)C(=O)N[C@@H](C(C)C)C(=O)N(C)[C@@H](Cc2ccccc2)C(=O)N[C@@H](Cc2ccc(O)cc2)C(=O)N(C)CC(=O)N[C@@H](Cc2c[nH]c3ccccc23)C(=O)N[C@@H](Cc2ccc(O)cc2)C(=O)N[C@@H](CC(C)C)C(=O)N[C@H](C(=O)NCC(N)=O)CSCC(=O)N[C@@H](Cc2ccccc2)C(=O)N[C@@H](Cc2cccnc2)C(=O)N1C. The second-order valence-electron chi connectivity index (χ2n) is 32.5. The number of pyridine rings is 1. The summed E-state index contributed by atoms with van der Waals surface area (Å²) in [4.78, 5) is 245. The Kier molecular flexibility index (Phi) is 37.9. The summed E-state index contributed by atoms with van der Waals surface area (Å²) in [6, 6.07) is 21.5. The first-order chi connectivity index (χ1) is 60.9. The molecule has 1 saturated heterocycles. The van der Waals surface area contributed by atoms with Crippen LogP contribution >= 0.6 is 11.8 Å². The van der Waals surface area contributed by atoms with Crippen LogP contribution in [-0.4, -0.2) is 265 Å². The standard InChI is InChI=1S/C91H115N17O19S/c1-10-11-28-73-90(126)106(7)50-77(113)97-69(45-79(115)116)86(122)104-80(54(4)5)91(127)108(9)74(43-56-23-16-13-17-24-56)87(123)102-70(41-58-31-35-62(110)36-32-58)88(124)105(6)49-76(112)96-68(44-60-47-94-64-27-19-18-26-63(60)64)85(121)100-67(40-57-29-33-61(109)34-30-57)84(120)99-65(38-53(2)3)82(118)103-72(81(117)95-48-75(92)111)51-128-52-78(114)98-66(39-55-21-14-12-15-22-55)83(119)101-71(89(125)107(73)8)42-59-25-20-37-93-46-59/h12-27,29-37,46-47,53-54,65-74,80,94,109-110H,10-11,28,38-45,48-52H2,1-9H3,(H2,92,111)(H,95,117)(H,96,112)(H,97,113)(H,98,114)(H,99,120)(H,100,121)(H,101,119)(H,102,123)(H,103,118)(H,104,122)(H,115,116)/t65-,66-,67-,68-,69-,70-,71-,72-,73-,74-,80-/m0/s1. The Morgan fingerprint density at radius 1 is 0.492 bits per heavy atom. The van der Waals surface area contributed by atoms with E-state index in [1.807, 2.05) is 6.92 Å². The van der Waals surface area contributed by atoms with Crippen molar-refractivity contribution in [2.45, 2.75) is 172 Å². The van der Waals surface area contributed by atoms with Crippen LogP contribution in [0.25, 0.3) is 10.9 Å². The first kappa shape index (κ1) is 99.7. The lowest BCUT2D eigenvalue weighted by atomic mass is 9.98.